The van der Waals surface area contributed by atoms with E-state index in [0.717, 1.165) is 30.3 Å². The Kier molecular flexibility index (Phi) is 4.10. The van der Waals surface area contributed by atoms with Gasteiger partial charge in [0.2, 0.25) is 5.95 Å². The molecule has 0 atom stereocenters. The van der Waals surface area contributed by atoms with E-state index in [-0.39, 0.29) is 0 Å². The van der Waals surface area contributed by atoms with E-state index in [4.69, 9.17) is 11.6 Å². The van der Waals surface area contributed by atoms with Crippen LogP contribution in [0.25, 0.3) is 0 Å². The van der Waals surface area contributed by atoms with Crippen LogP contribution in [-0.4, -0.2) is 23.1 Å². The first-order valence-electron chi connectivity index (χ1n) is 6.65. The third-order valence-corrected chi connectivity index (χ3v) is 4.12. The summed E-state index contributed by atoms with van der Waals surface area (Å²) in [5, 5.41) is 0. The second-order valence-corrected chi connectivity index (χ2v) is 6.19. The smallest absolute Gasteiger partial charge is 0.225 e. The summed E-state index contributed by atoms with van der Waals surface area (Å²) in [6.45, 7) is 8.80. The van der Waals surface area contributed by atoms with Crippen molar-refractivity contribution in [1.29, 1.82) is 0 Å². The third kappa shape index (κ3) is 3.14. The van der Waals surface area contributed by atoms with Crippen LogP contribution < -0.4 is 4.90 Å². The third-order valence-electron chi connectivity index (χ3n) is 3.84. The summed E-state index contributed by atoms with van der Waals surface area (Å²) in [6, 6.07) is 0. The van der Waals surface area contributed by atoms with Crippen LogP contribution in [-0.2, 0) is 5.88 Å². The number of hydrogen-bond acceptors (Lipinski definition) is 3. The van der Waals surface area contributed by atoms with E-state index in [2.05, 4.69) is 28.7 Å². The normalized spacial score (nSPS) is 19.7. The molecule has 1 saturated heterocycles. The molecular weight excluding hydrogens is 246 g/mol. The van der Waals surface area contributed by atoms with Crippen LogP contribution in [0.15, 0.2) is 6.20 Å². The zero-order valence-corrected chi connectivity index (χ0v) is 12.3. The van der Waals surface area contributed by atoms with Gasteiger partial charge in [0.25, 0.3) is 0 Å². The first kappa shape index (κ1) is 13.6. The largest absolute Gasteiger partial charge is 0.341 e. The molecule has 1 aliphatic heterocycles. The highest BCUT2D eigenvalue weighted by Gasteiger charge is 2.24. The molecule has 100 valence electrons. The Morgan fingerprint density at radius 2 is 2.11 bits per heavy atom. The molecule has 2 rings (SSSR count). The lowest BCUT2D eigenvalue weighted by molar-refractivity contribution is 0.325. The fourth-order valence-corrected chi connectivity index (χ4v) is 2.65. The van der Waals surface area contributed by atoms with Crippen LogP contribution in [0.5, 0.6) is 0 Å². The molecule has 1 aliphatic rings. The molecule has 1 fully saturated rings. The number of nitrogens with zero attached hydrogens (tertiary/aromatic N) is 3. The van der Waals surface area contributed by atoms with E-state index >= 15 is 0 Å². The van der Waals surface area contributed by atoms with Crippen LogP contribution >= 0.6 is 11.6 Å². The van der Waals surface area contributed by atoms with Crippen molar-refractivity contribution in [3.8, 4) is 0 Å². The van der Waals surface area contributed by atoms with Crippen molar-refractivity contribution in [2.24, 2.45) is 5.41 Å². The molecule has 0 N–H and O–H groups in total. The lowest BCUT2D eigenvalue weighted by Gasteiger charge is -2.23. The van der Waals surface area contributed by atoms with Gasteiger partial charge in [-0.3, -0.25) is 0 Å². The number of anilines is 1. The number of aryl methyl sites for hydroxylation is 1. The molecule has 0 aliphatic carbocycles. The molecule has 18 heavy (non-hydrogen) atoms. The molecular formula is C14H22ClN3. The Morgan fingerprint density at radius 1 is 1.33 bits per heavy atom. The molecule has 0 aromatic carbocycles. The van der Waals surface area contributed by atoms with Crippen LogP contribution in [0, 0.1) is 12.3 Å². The number of halogens is 1. The number of aromatic nitrogens is 2. The maximum Gasteiger partial charge on any atom is 0.225 e. The van der Waals surface area contributed by atoms with Gasteiger partial charge in [0.1, 0.15) is 0 Å². The fourth-order valence-electron chi connectivity index (χ4n) is 2.39. The predicted molar refractivity (Wildman–Crippen MR) is 76.2 cm³/mol. The number of hydrogen-bond donors (Lipinski definition) is 0. The fraction of sp³-hybridized carbons (Fsp3) is 0.714. The summed E-state index contributed by atoms with van der Waals surface area (Å²) in [5.74, 6) is 1.35. The summed E-state index contributed by atoms with van der Waals surface area (Å²) >= 11 is 5.84. The number of rotatable bonds is 2. The highest BCUT2D eigenvalue weighted by molar-refractivity contribution is 6.17. The summed E-state index contributed by atoms with van der Waals surface area (Å²) in [5.41, 5.74) is 2.47. The van der Waals surface area contributed by atoms with Crippen molar-refractivity contribution < 1.29 is 0 Å². The maximum atomic E-state index is 5.84. The van der Waals surface area contributed by atoms with E-state index in [1.165, 1.54) is 19.3 Å². The molecule has 0 spiro atoms. The second-order valence-electron chi connectivity index (χ2n) is 5.92. The molecule has 0 amide bonds. The minimum absolute atomic E-state index is 0.444. The lowest BCUT2D eigenvalue weighted by atomic mass is 9.85. The van der Waals surface area contributed by atoms with Crippen molar-refractivity contribution in [1.82, 2.24) is 9.97 Å². The van der Waals surface area contributed by atoms with Crippen molar-refractivity contribution in [3.05, 3.63) is 17.5 Å². The van der Waals surface area contributed by atoms with Gasteiger partial charge in [0.05, 0.1) is 5.88 Å². The summed E-state index contributed by atoms with van der Waals surface area (Å²) < 4.78 is 0. The van der Waals surface area contributed by atoms with Gasteiger partial charge in [-0.1, -0.05) is 13.8 Å². The van der Waals surface area contributed by atoms with Gasteiger partial charge in [0.15, 0.2) is 0 Å². The van der Waals surface area contributed by atoms with Gasteiger partial charge in [-0.2, -0.15) is 0 Å². The van der Waals surface area contributed by atoms with E-state index in [9.17, 15) is 0 Å². The van der Waals surface area contributed by atoms with Gasteiger partial charge >= 0.3 is 0 Å². The van der Waals surface area contributed by atoms with Gasteiger partial charge in [0, 0.05) is 30.5 Å². The Labute approximate surface area is 115 Å². The minimum atomic E-state index is 0.444. The van der Waals surface area contributed by atoms with Gasteiger partial charge in [-0.15, -0.1) is 11.6 Å². The average Bonchev–Trinajstić information content (AvgIpc) is 2.50. The van der Waals surface area contributed by atoms with Crippen molar-refractivity contribution >= 4 is 17.5 Å². The topological polar surface area (TPSA) is 29.0 Å². The van der Waals surface area contributed by atoms with E-state index in [1.807, 2.05) is 13.1 Å². The molecule has 0 bridgehead atoms. The average molecular weight is 268 g/mol. The standard InChI is InChI=1S/C14H22ClN3/c1-11-12(9-15)10-16-13(17-11)18-7-4-5-14(2,3)6-8-18/h10H,4-9H2,1-3H3. The predicted octanol–water partition coefficient (Wildman–Crippen LogP) is 3.54. The zero-order chi connectivity index (χ0) is 13.2. The Hall–Kier alpha value is -0.830. The summed E-state index contributed by atoms with van der Waals surface area (Å²) in [4.78, 5) is 11.3. The maximum absolute atomic E-state index is 5.84. The zero-order valence-electron chi connectivity index (χ0n) is 11.5. The SMILES string of the molecule is Cc1nc(N2CCCC(C)(C)CC2)ncc1CCl. The second kappa shape index (κ2) is 5.43. The van der Waals surface area contributed by atoms with Gasteiger partial charge < -0.3 is 4.90 Å². The minimum Gasteiger partial charge on any atom is -0.341 e. The molecule has 1 aromatic heterocycles. The molecule has 2 heterocycles. The highest BCUT2D eigenvalue weighted by Crippen LogP contribution is 2.30. The van der Waals surface area contributed by atoms with Gasteiger partial charge in [-0.05, 0) is 31.6 Å². The molecule has 0 unspecified atom stereocenters. The number of alkyl halides is 1. The Balaban J connectivity index is 2.14. The van der Waals surface area contributed by atoms with E-state index < -0.39 is 0 Å². The van der Waals surface area contributed by atoms with Crippen molar-refractivity contribution in [2.75, 3.05) is 18.0 Å². The molecule has 0 radical (unpaired) electrons. The Morgan fingerprint density at radius 3 is 2.78 bits per heavy atom. The van der Waals surface area contributed by atoms with Crippen LogP contribution in [0.2, 0.25) is 0 Å². The first-order valence-corrected chi connectivity index (χ1v) is 7.19. The van der Waals surface area contributed by atoms with Crippen molar-refractivity contribution in [2.45, 2.75) is 45.9 Å². The van der Waals surface area contributed by atoms with Crippen LogP contribution in [0.1, 0.15) is 44.4 Å². The summed E-state index contributed by atoms with van der Waals surface area (Å²) in [6.07, 6.45) is 5.56. The molecule has 1 aromatic rings. The van der Waals surface area contributed by atoms with E-state index in [0.29, 0.717) is 11.3 Å². The first-order chi connectivity index (χ1) is 8.52. The lowest BCUT2D eigenvalue weighted by Crippen LogP contribution is -2.27. The van der Waals surface area contributed by atoms with Crippen LogP contribution in [0.3, 0.4) is 0 Å². The van der Waals surface area contributed by atoms with Gasteiger partial charge in [-0.25, -0.2) is 9.97 Å². The molecule has 3 nitrogen and oxygen atoms in total. The van der Waals surface area contributed by atoms with E-state index in [1.54, 1.807) is 0 Å². The summed E-state index contributed by atoms with van der Waals surface area (Å²) in [7, 11) is 0. The molecule has 4 heteroatoms. The van der Waals surface area contributed by atoms with Crippen LogP contribution in [0.4, 0.5) is 5.95 Å². The van der Waals surface area contributed by atoms with Crippen molar-refractivity contribution in [3.63, 3.8) is 0 Å². The highest BCUT2D eigenvalue weighted by atomic mass is 35.5. The monoisotopic (exact) mass is 267 g/mol. The molecule has 0 saturated carbocycles. The quantitative estimate of drug-likeness (QED) is 0.768. The Bertz CT molecular complexity index is 418.